The van der Waals surface area contributed by atoms with E-state index in [2.05, 4.69) is 16.4 Å². The number of carbonyl (C=O) groups is 1. The van der Waals surface area contributed by atoms with Crippen LogP contribution in [0.1, 0.15) is 49.8 Å². The molecule has 1 fully saturated rings. The van der Waals surface area contributed by atoms with Gasteiger partial charge in [0.05, 0.1) is 12.2 Å². The molecule has 0 unspecified atom stereocenters. The number of para-hydroxylation sites is 1. The number of sulfonamides is 1. The Bertz CT molecular complexity index is 1280. The van der Waals surface area contributed by atoms with Crippen LogP contribution in [0.15, 0.2) is 64.2 Å². The average Bonchev–Trinajstić information content (AvgIpc) is 3.52. The van der Waals surface area contributed by atoms with Gasteiger partial charge in [-0.05, 0) is 67.9 Å². The Morgan fingerprint density at radius 1 is 1.15 bits per heavy atom. The van der Waals surface area contributed by atoms with Gasteiger partial charge in [-0.25, -0.2) is 8.42 Å². The van der Waals surface area contributed by atoms with E-state index in [1.807, 2.05) is 18.2 Å². The Morgan fingerprint density at radius 3 is 2.85 bits per heavy atom. The van der Waals surface area contributed by atoms with Gasteiger partial charge >= 0.3 is 0 Å². The van der Waals surface area contributed by atoms with Crippen molar-refractivity contribution in [2.45, 2.75) is 56.2 Å². The highest BCUT2D eigenvalue weighted by Gasteiger charge is 2.41. The summed E-state index contributed by atoms with van der Waals surface area (Å²) in [6.07, 6.45) is 9.73. The van der Waals surface area contributed by atoms with Crippen molar-refractivity contribution in [3.8, 4) is 0 Å². The molecule has 0 spiro atoms. The van der Waals surface area contributed by atoms with Crippen LogP contribution < -0.4 is 5.32 Å². The predicted molar refractivity (Wildman–Crippen MR) is 126 cm³/mol. The number of pyridine rings is 1. The monoisotopic (exact) mass is 465 g/mol. The van der Waals surface area contributed by atoms with Crippen LogP contribution in [0.2, 0.25) is 0 Å². The van der Waals surface area contributed by atoms with Gasteiger partial charge in [0.2, 0.25) is 11.0 Å². The standard InChI is InChI=1S/C25H27N3O4S/c29-25(27-17-21-15-19(12-13-26-21)18-7-2-1-3-8-18)22-10-6-14-28(22)33(30,31)24-16-20-9-4-5-11-23(20)32-24/h4-5,7,9,11-13,15-16,22H,1-3,6,8,10,14,17H2,(H,27,29)/t22-/m0/s1. The van der Waals surface area contributed by atoms with E-state index in [0.29, 0.717) is 25.0 Å². The van der Waals surface area contributed by atoms with Gasteiger partial charge in [-0.1, -0.05) is 24.3 Å². The van der Waals surface area contributed by atoms with Gasteiger partial charge < -0.3 is 9.73 Å². The Balaban J connectivity index is 1.29. The van der Waals surface area contributed by atoms with Gasteiger partial charge in [0.1, 0.15) is 11.6 Å². The minimum atomic E-state index is -3.92. The summed E-state index contributed by atoms with van der Waals surface area (Å²) in [6.45, 7) is 0.550. The zero-order chi connectivity index (χ0) is 22.8. The van der Waals surface area contributed by atoms with E-state index in [9.17, 15) is 13.2 Å². The van der Waals surface area contributed by atoms with E-state index in [-0.39, 0.29) is 17.5 Å². The van der Waals surface area contributed by atoms with Crippen molar-refractivity contribution in [3.63, 3.8) is 0 Å². The van der Waals surface area contributed by atoms with Crippen LogP contribution in [0.5, 0.6) is 0 Å². The molecule has 1 aromatic carbocycles. The maximum absolute atomic E-state index is 13.2. The van der Waals surface area contributed by atoms with Gasteiger partial charge in [0, 0.05) is 24.2 Å². The van der Waals surface area contributed by atoms with Gasteiger partial charge in [-0.3, -0.25) is 9.78 Å². The molecule has 3 heterocycles. The number of amides is 1. The highest BCUT2D eigenvalue weighted by atomic mass is 32.2. The van der Waals surface area contributed by atoms with Gasteiger partial charge in [0.15, 0.2) is 0 Å². The summed E-state index contributed by atoms with van der Waals surface area (Å²) in [5.74, 6) is -0.309. The van der Waals surface area contributed by atoms with Crippen LogP contribution in [0.4, 0.5) is 0 Å². The number of furan rings is 1. The summed E-state index contributed by atoms with van der Waals surface area (Å²) in [4.78, 5) is 17.4. The normalized spacial score (nSPS) is 19.5. The lowest BCUT2D eigenvalue weighted by molar-refractivity contribution is -0.124. The number of nitrogens with one attached hydrogen (secondary N) is 1. The topological polar surface area (TPSA) is 92.5 Å². The Morgan fingerprint density at radius 2 is 2.03 bits per heavy atom. The molecule has 0 bridgehead atoms. The number of aromatic nitrogens is 1. The second-order valence-electron chi connectivity index (χ2n) is 8.61. The van der Waals surface area contributed by atoms with Gasteiger partial charge in [0.25, 0.3) is 10.0 Å². The fourth-order valence-corrected chi connectivity index (χ4v) is 6.27. The van der Waals surface area contributed by atoms with Crippen LogP contribution in [-0.4, -0.2) is 36.2 Å². The van der Waals surface area contributed by atoms with Crippen LogP contribution in [0.25, 0.3) is 16.5 Å². The average molecular weight is 466 g/mol. The molecule has 33 heavy (non-hydrogen) atoms. The number of allylic oxidation sites excluding steroid dienone is 2. The first-order chi connectivity index (χ1) is 16.0. The van der Waals surface area contributed by atoms with E-state index >= 15 is 0 Å². The molecule has 5 rings (SSSR count). The zero-order valence-corrected chi connectivity index (χ0v) is 19.2. The summed E-state index contributed by atoms with van der Waals surface area (Å²) < 4.78 is 33.4. The van der Waals surface area contributed by atoms with Crippen molar-refractivity contribution in [2.24, 2.45) is 0 Å². The fourth-order valence-electron chi connectivity index (χ4n) is 4.66. The maximum atomic E-state index is 13.2. The number of benzene rings is 1. The lowest BCUT2D eigenvalue weighted by Crippen LogP contribution is -2.45. The van der Waals surface area contributed by atoms with Crippen molar-refractivity contribution < 1.29 is 17.6 Å². The highest BCUT2D eigenvalue weighted by molar-refractivity contribution is 7.89. The SMILES string of the molecule is O=C(NCc1cc(C2=CCCCC2)ccn1)[C@@H]1CCCN1S(=O)(=O)c1cc2ccccc2o1. The number of rotatable bonds is 6. The minimum Gasteiger partial charge on any atom is -0.443 e. The summed E-state index contributed by atoms with van der Waals surface area (Å²) in [5.41, 5.74) is 3.74. The quantitative estimate of drug-likeness (QED) is 0.587. The van der Waals surface area contributed by atoms with Crippen molar-refractivity contribution in [1.82, 2.24) is 14.6 Å². The second-order valence-corrected chi connectivity index (χ2v) is 10.4. The fraction of sp³-hybridized carbons (Fsp3) is 0.360. The molecule has 1 amide bonds. The third-order valence-corrected chi connectivity index (χ3v) is 8.16. The number of carbonyl (C=O) groups excluding carboxylic acids is 1. The Kier molecular flexibility index (Phi) is 6.03. The van der Waals surface area contributed by atoms with Crippen LogP contribution in [0.3, 0.4) is 0 Å². The van der Waals surface area contributed by atoms with Crippen molar-refractivity contribution >= 4 is 32.5 Å². The zero-order valence-electron chi connectivity index (χ0n) is 18.4. The molecule has 0 saturated carbocycles. The molecule has 1 aliphatic carbocycles. The molecule has 8 heteroatoms. The Hall–Kier alpha value is -2.97. The molecule has 7 nitrogen and oxygen atoms in total. The van der Waals surface area contributed by atoms with E-state index < -0.39 is 16.1 Å². The molecule has 1 N–H and O–H groups in total. The van der Waals surface area contributed by atoms with Crippen molar-refractivity contribution in [2.75, 3.05) is 6.54 Å². The first-order valence-corrected chi connectivity index (χ1v) is 12.9. The largest absolute Gasteiger partial charge is 0.443 e. The maximum Gasteiger partial charge on any atom is 0.277 e. The summed E-state index contributed by atoms with van der Waals surface area (Å²) >= 11 is 0. The van der Waals surface area contributed by atoms with Crippen LogP contribution in [0, 0.1) is 0 Å². The summed E-state index contributed by atoms with van der Waals surface area (Å²) in [6, 6.07) is 11.9. The molecule has 1 saturated heterocycles. The molecule has 1 atom stereocenters. The van der Waals surface area contributed by atoms with E-state index in [1.54, 1.807) is 24.4 Å². The molecule has 172 valence electrons. The number of fused-ring (bicyclic) bond motifs is 1. The first kappa shape index (κ1) is 21.9. The minimum absolute atomic E-state index is 0.126. The second kappa shape index (κ2) is 9.11. The van der Waals surface area contributed by atoms with E-state index in [4.69, 9.17) is 4.42 Å². The molecule has 3 aromatic rings. The lowest BCUT2D eigenvalue weighted by Gasteiger charge is -2.22. The highest BCUT2D eigenvalue weighted by Crippen LogP contribution is 2.30. The molecule has 0 radical (unpaired) electrons. The molecular weight excluding hydrogens is 438 g/mol. The number of nitrogens with zero attached hydrogens (tertiary/aromatic N) is 2. The van der Waals surface area contributed by atoms with Crippen molar-refractivity contribution in [1.29, 1.82) is 0 Å². The molecule has 2 aliphatic rings. The van der Waals surface area contributed by atoms with E-state index in [0.717, 1.165) is 29.5 Å². The number of hydrogen-bond donors (Lipinski definition) is 1. The lowest BCUT2D eigenvalue weighted by atomic mass is 9.94. The third-order valence-electron chi connectivity index (χ3n) is 6.39. The van der Waals surface area contributed by atoms with Crippen LogP contribution >= 0.6 is 0 Å². The third kappa shape index (κ3) is 4.45. The van der Waals surface area contributed by atoms with E-state index in [1.165, 1.54) is 28.8 Å². The molecular formula is C25H27N3O4S. The molecule has 1 aliphatic heterocycles. The summed E-state index contributed by atoms with van der Waals surface area (Å²) in [5, 5.41) is 3.49. The van der Waals surface area contributed by atoms with Crippen molar-refractivity contribution in [3.05, 3.63) is 66.0 Å². The first-order valence-electron chi connectivity index (χ1n) is 11.4. The smallest absolute Gasteiger partial charge is 0.277 e. The van der Waals surface area contributed by atoms with Crippen LogP contribution in [-0.2, 0) is 21.4 Å². The van der Waals surface area contributed by atoms with Gasteiger partial charge in [-0.15, -0.1) is 0 Å². The predicted octanol–water partition coefficient (Wildman–Crippen LogP) is 4.25. The molecule has 2 aromatic heterocycles. The summed E-state index contributed by atoms with van der Waals surface area (Å²) in [7, 11) is -3.92. The number of hydrogen-bond acceptors (Lipinski definition) is 5. The van der Waals surface area contributed by atoms with Gasteiger partial charge in [-0.2, -0.15) is 4.31 Å². The Labute approximate surface area is 193 Å².